The zero-order valence-electron chi connectivity index (χ0n) is 9.87. The number of methoxy groups -OCH3 is 1. The number of rotatable bonds is 5. The van der Waals surface area contributed by atoms with Crippen LogP contribution in [0.1, 0.15) is 19.0 Å². The summed E-state index contributed by atoms with van der Waals surface area (Å²) in [6.45, 7) is 4.67. The number of hydrogen-bond donors (Lipinski definition) is 2. The lowest BCUT2D eigenvalue weighted by atomic mass is 10.2. The van der Waals surface area contributed by atoms with Crippen molar-refractivity contribution in [2.24, 2.45) is 7.05 Å². The van der Waals surface area contributed by atoms with Crippen LogP contribution in [0.5, 0.6) is 0 Å². The summed E-state index contributed by atoms with van der Waals surface area (Å²) in [7, 11) is 3.58. The van der Waals surface area contributed by atoms with Gasteiger partial charge in [0.05, 0.1) is 24.0 Å². The number of aryl methyl sites for hydroxylation is 2. The van der Waals surface area contributed by atoms with E-state index in [1.807, 2.05) is 14.0 Å². The predicted molar refractivity (Wildman–Crippen MR) is 61.9 cm³/mol. The molecule has 0 aliphatic rings. The molecule has 5 heteroatoms. The van der Waals surface area contributed by atoms with Gasteiger partial charge in [0.25, 0.3) is 0 Å². The fraction of sp³-hybridized carbons (Fsp3) is 0.700. The topological polar surface area (TPSA) is 65.1 Å². The van der Waals surface area contributed by atoms with Crippen LogP contribution in [0.25, 0.3) is 0 Å². The Bertz CT molecular complexity index is 321. The van der Waals surface area contributed by atoms with E-state index in [0.717, 1.165) is 17.9 Å². The van der Waals surface area contributed by atoms with Gasteiger partial charge in [-0.1, -0.05) is 6.92 Å². The van der Waals surface area contributed by atoms with Crippen LogP contribution in [0, 0.1) is 6.92 Å². The maximum absolute atomic E-state index is 5.92. The van der Waals surface area contributed by atoms with Gasteiger partial charge in [-0.2, -0.15) is 5.10 Å². The molecule has 1 unspecified atom stereocenters. The summed E-state index contributed by atoms with van der Waals surface area (Å²) in [5.74, 6) is 0.872. The van der Waals surface area contributed by atoms with Crippen molar-refractivity contribution in [2.75, 3.05) is 24.8 Å². The molecule has 0 bridgehead atoms. The average molecular weight is 212 g/mol. The molecule has 3 N–H and O–H groups in total. The lowest BCUT2D eigenvalue weighted by Crippen LogP contribution is -2.25. The van der Waals surface area contributed by atoms with Crippen molar-refractivity contribution in [3.8, 4) is 0 Å². The van der Waals surface area contributed by atoms with E-state index in [2.05, 4.69) is 17.3 Å². The third-order valence-corrected chi connectivity index (χ3v) is 2.47. The van der Waals surface area contributed by atoms with E-state index in [1.165, 1.54) is 0 Å². The van der Waals surface area contributed by atoms with Crippen LogP contribution in [0.3, 0.4) is 0 Å². The van der Waals surface area contributed by atoms with Gasteiger partial charge in [0.15, 0.2) is 0 Å². The fourth-order valence-corrected chi connectivity index (χ4v) is 1.50. The Labute approximate surface area is 90.6 Å². The van der Waals surface area contributed by atoms with Crippen molar-refractivity contribution in [3.63, 3.8) is 0 Å². The maximum atomic E-state index is 5.92. The van der Waals surface area contributed by atoms with Gasteiger partial charge in [-0.15, -0.1) is 0 Å². The lowest BCUT2D eigenvalue weighted by Gasteiger charge is -2.17. The minimum Gasteiger partial charge on any atom is -0.394 e. The van der Waals surface area contributed by atoms with Crippen LogP contribution in [0.2, 0.25) is 0 Å². The van der Waals surface area contributed by atoms with Crippen molar-refractivity contribution in [1.29, 1.82) is 0 Å². The molecule has 0 saturated carbocycles. The molecule has 0 aliphatic heterocycles. The van der Waals surface area contributed by atoms with E-state index in [0.29, 0.717) is 12.3 Å². The first-order valence-corrected chi connectivity index (χ1v) is 5.14. The number of ether oxygens (including phenoxy) is 1. The maximum Gasteiger partial charge on any atom is 0.148 e. The second-order valence-corrected chi connectivity index (χ2v) is 3.68. The largest absolute Gasteiger partial charge is 0.394 e. The SMILES string of the molecule is CCC(COC)Nc1c(N)c(C)nn1C. The number of nitrogens with zero attached hydrogens (tertiary/aromatic N) is 2. The normalized spacial score (nSPS) is 12.8. The summed E-state index contributed by atoms with van der Waals surface area (Å²) in [5.41, 5.74) is 7.48. The van der Waals surface area contributed by atoms with E-state index in [1.54, 1.807) is 11.8 Å². The van der Waals surface area contributed by atoms with Gasteiger partial charge in [0, 0.05) is 14.2 Å². The number of aromatic nitrogens is 2. The number of nitrogens with two attached hydrogens (primary N) is 1. The monoisotopic (exact) mass is 212 g/mol. The molecule has 15 heavy (non-hydrogen) atoms. The average Bonchev–Trinajstić information content (AvgIpc) is 2.44. The van der Waals surface area contributed by atoms with Gasteiger partial charge in [0.1, 0.15) is 5.82 Å². The van der Waals surface area contributed by atoms with E-state index in [9.17, 15) is 0 Å². The van der Waals surface area contributed by atoms with Gasteiger partial charge in [-0.3, -0.25) is 4.68 Å². The van der Waals surface area contributed by atoms with Gasteiger partial charge in [-0.05, 0) is 13.3 Å². The van der Waals surface area contributed by atoms with Crippen LogP contribution in [-0.2, 0) is 11.8 Å². The molecular weight excluding hydrogens is 192 g/mol. The molecule has 1 atom stereocenters. The van der Waals surface area contributed by atoms with Gasteiger partial charge in [0.2, 0.25) is 0 Å². The lowest BCUT2D eigenvalue weighted by molar-refractivity contribution is 0.184. The third kappa shape index (κ3) is 2.62. The Balaban J connectivity index is 2.78. The number of hydrogen-bond acceptors (Lipinski definition) is 4. The Morgan fingerprint density at radius 3 is 2.67 bits per heavy atom. The van der Waals surface area contributed by atoms with Crippen LogP contribution in [0.15, 0.2) is 0 Å². The van der Waals surface area contributed by atoms with Crippen LogP contribution in [-0.4, -0.2) is 29.5 Å². The Kier molecular flexibility index (Phi) is 3.96. The molecule has 0 aliphatic carbocycles. The summed E-state index contributed by atoms with van der Waals surface area (Å²) < 4.78 is 6.89. The van der Waals surface area contributed by atoms with Gasteiger partial charge in [-0.25, -0.2) is 0 Å². The molecule has 1 heterocycles. The van der Waals surface area contributed by atoms with Crippen molar-refractivity contribution in [2.45, 2.75) is 26.3 Å². The van der Waals surface area contributed by atoms with E-state index >= 15 is 0 Å². The molecular formula is C10H20N4O. The highest BCUT2D eigenvalue weighted by Crippen LogP contribution is 2.22. The summed E-state index contributed by atoms with van der Waals surface area (Å²) >= 11 is 0. The first-order valence-electron chi connectivity index (χ1n) is 5.14. The zero-order chi connectivity index (χ0) is 11.4. The van der Waals surface area contributed by atoms with E-state index in [-0.39, 0.29) is 6.04 Å². The molecule has 0 spiro atoms. The number of nitrogen functional groups attached to an aromatic ring is 1. The third-order valence-electron chi connectivity index (χ3n) is 2.47. The minimum atomic E-state index is 0.270. The van der Waals surface area contributed by atoms with Crippen molar-refractivity contribution in [1.82, 2.24) is 9.78 Å². The van der Waals surface area contributed by atoms with Crippen LogP contribution < -0.4 is 11.1 Å². The second-order valence-electron chi connectivity index (χ2n) is 3.68. The number of anilines is 2. The molecule has 0 aromatic carbocycles. The first kappa shape index (κ1) is 11.8. The highest BCUT2D eigenvalue weighted by atomic mass is 16.5. The molecule has 5 nitrogen and oxygen atoms in total. The predicted octanol–water partition coefficient (Wildman–Crippen LogP) is 1.15. The molecule has 1 aromatic rings. The molecule has 0 fully saturated rings. The molecule has 0 amide bonds. The molecule has 0 saturated heterocycles. The summed E-state index contributed by atoms with van der Waals surface area (Å²) in [5, 5.41) is 7.58. The first-order chi connectivity index (χ1) is 7.10. The summed E-state index contributed by atoms with van der Waals surface area (Å²) in [4.78, 5) is 0. The number of nitrogens with one attached hydrogen (secondary N) is 1. The molecule has 0 radical (unpaired) electrons. The summed E-state index contributed by atoms with van der Waals surface area (Å²) in [6.07, 6.45) is 0.984. The standard InChI is InChI=1S/C10H20N4O/c1-5-8(6-15-4)12-10-9(11)7(2)13-14(10)3/h8,12H,5-6,11H2,1-4H3. The zero-order valence-corrected chi connectivity index (χ0v) is 9.87. The molecule has 1 rings (SSSR count). The highest BCUT2D eigenvalue weighted by Gasteiger charge is 2.13. The van der Waals surface area contributed by atoms with Crippen LogP contribution in [0.4, 0.5) is 11.5 Å². The Morgan fingerprint density at radius 1 is 1.60 bits per heavy atom. The van der Waals surface area contributed by atoms with Gasteiger partial charge >= 0.3 is 0 Å². The second kappa shape index (κ2) is 5.02. The van der Waals surface area contributed by atoms with Gasteiger partial charge < -0.3 is 15.8 Å². The Hall–Kier alpha value is -1.23. The minimum absolute atomic E-state index is 0.270. The van der Waals surface area contributed by atoms with Crippen molar-refractivity contribution >= 4 is 11.5 Å². The van der Waals surface area contributed by atoms with Crippen molar-refractivity contribution in [3.05, 3.63) is 5.69 Å². The summed E-state index contributed by atoms with van der Waals surface area (Å²) in [6, 6.07) is 0.270. The quantitative estimate of drug-likeness (QED) is 0.768. The highest BCUT2D eigenvalue weighted by molar-refractivity contribution is 5.64. The van der Waals surface area contributed by atoms with E-state index < -0.39 is 0 Å². The van der Waals surface area contributed by atoms with Crippen molar-refractivity contribution < 1.29 is 4.74 Å². The fourth-order valence-electron chi connectivity index (χ4n) is 1.50. The Morgan fingerprint density at radius 2 is 2.27 bits per heavy atom. The smallest absolute Gasteiger partial charge is 0.148 e. The molecule has 86 valence electrons. The van der Waals surface area contributed by atoms with E-state index in [4.69, 9.17) is 10.5 Å². The molecule has 1 aromatic heterocycles. The van der Waals surface area contributed by atoms with Crippen LogP contribution >= 0.6 is 0 Å².